The number of nitrogens with one attached hydrogen (secondary N) is 1. The normalized spacial score (nSPS) is 11.5. The smallest absolute Gasteiger partial charge is 0.333 e. The largest absolute Gasteiger partial charge is 0.493 e. The Labute approximate surface area is 173 Å². The minimum absolute atomic E-state index is 0.120. The molecule has 1 unspecified atom stereocenters. The summed E-state index contributed by atoms with van der Waals surface area (Å²) >= 11 is 5.83. The molecule has 2 aromatic carbocycles. The maximum atomic E-state index is 12.6. The molecule has 1 aromatic heterocycles. The third kappa shape index (κ3) is 6.12. The first-order valence-corrected chi connectivity index (χ1v) is 9.45. The van der Waals surface area contributed by atoms with E-state index >= 15 is 0 Å². The molecule has 0 saturated carbocycles. The summed E-state index contributed by atoms with van der Waals surface area (Å²) in [5.41, 5.74) is 0.620. The van der Waals surface area contributed by atoms with Gasteiger partial charge < -0.3 is 19.2 Å². The van der Waals surface area contributed by atoms with E-state index in [2.05, 4.69) is 5.32 Å². The van der Waals surface area contributed by atoms with Gasteiger partial charge in [-0.3, -0.25) is 4.79 Å². The fraction of sp³-hybridized carbons (Fsp3) is 0.182. The van der Waals surface area contributed by atoms with Crippen molar-refractivity contribution in [3.8, 4) is 5.75 Å². The molecule has 29 heavy (non-hydrogen) atoms. The van der Waals surface area contributed by atoms with Crippen LogP contribution < -0.4 is 10.1 Å². The molecule has 3 rings (SSSR count). The van der Waals surface area contributed by atoms with Crippen molar-refractivity contribution in [2.24, 2.45) is 0 Å². The molecule has 3 aromatic rings. The number of carbonyl (C=O) groups excluding carboxylic acids is 2. The van der Waals surface area contributed by atoms with Gasteiger partial charge in [0.15, 0.2) is 11.8 Å². The van der Waals surface area contributed by atoms with E-state index in [0.29, 0.717) is 29.4 Å². The van der Waals surface area contributed by atoms with E-state index in [-0.39, 0.29) is 12.4 Å². The van der Waals surface area contributed by atoms with Gasteiger partial charge in [-0.1, -0.05) is 41.9 Å². The van der Waals surface area contributed by atoms with Gasteiger partial charge in [0.05, 0.1) is 19.5 Å². The average Bonchev–Trinajstić information content (AvgIpc) is 3.28. The molecular formula is C22H20ClNO5. The highest BCUT2D eigenvalue weighted by Gasteiger charge is 2.25. The molecule has 0 saturated heterocycles. The Morgan fingerprint density at radius 3 is 2.41 bits per heavy atom. The van der Waals surface area contributed by atoms with Crippen LogP contribution in [0.4, 0.5) is 0 Å². The highest BCUT2D eigenvalue weighted by Crippen LogP contribution is 2.17. The fourth-order valence-corrected chi connectivity index (χ4v) is 2.70. The number of carbonyl (C=O) groups is 2. The van der Waals surface area contributed by atoms with Gasteiger partial charge >= 0.3 is 5.97 Å². The van der Waals surface area contributed by atoms with Gasteiger partial charge in [-0.25, -0.2) is 4.79 Å². The standard InChI is InChI=1S/C22H20ClNO5/c23-17-9-11-18(12-10-17)27-14-5-15-29-22(26)20(16-6-2-1-3-7-16)24-21(25)19-8-4-13-28-19/h1-4,6-13,20H,5,14-15H2,(H,24,25). The van der Waals surface area contributed by atoms with Crippen LogP contribution in [0.15, 0.2) is 77.4 Å². The lowest BCUT2D eigenvalue weighted by Crippen LogP contribution is -2.35. The van der Waals surface area contributed by atoms with Crippen LogP contribution in [-0.2, 0) is 9.53 Å². The zero-order valence-corrected chi connectivity index (χ0v) is 16.3. The molecule has 7 heteroatoms. The molecule has 1 amide bonds. The fourth-order valence-electron chi connectivity index (χ4n) is 2.57. The lowest BCUT2D eigenvalue weighted by molar-refractivity contribution is -0.146. The van der Waals surface area contributed by atoms with Crippen molar-refractivity contribution in [2.75, 3.05) is 13.2 Å². The summed E-state index contributed by atoms with van der Waals surface area (Å²) in [7, 11) is 0. The van der Waals surface area contributed by atoms with Crippen LogP contribution in [0.25, 0.3) is 0 Å². The van der Waals surface area contributed by atoms with Crippen molar-refractivity contribution in [3.63, 3.8) is 0 Å². The van der Waals surface area contributed by atoms with Crippen molar-refractivity contribution in [1.82, 2.24) is 5.32 Å². The molecule has 150 valence electrons. The molecular weight excluding hydrogens is 394 g/mol. The van der Waals surface area contributed by atoms with Gasteiger partial charge in [-0.2, -0.15) is 0 Å². The number of rotatable bonds is 9. The van der Waals surface area contributed by atoms with E-state index < -0.39 is 17.9 Å². The van der Waals surface area contributed by atoms with E-state index in [1.54, 1.807) is 54.6 Å². The second-order valence-corrected chi connectivity index (χ2v) is 6.55. The molecule has 0 fully saturated rings. The third-order valence-electron chi connectivity index (χ3n) is 4.00. The number of halogens is 1. The number of hydrogen-bond acceptors (Lipinski definition) is 5. The van der Waals surface area contributed by atoms with Crippen molar-refractivity contribution >= 4 is 23.5 Å². The highest BCUT2D eigenvalue weighted by molar-refractivity contribution is 6.30. The Morgan fingerprint density at radius 2 is 1.72 bits per heavy atom. The second-order valence-electron chi connectivity index (χ2n) is 6.12. The van der Waals surface area contributed by atoms with Crippen LogP contribution in [0.2, 0.25) is 5.02 Å². The van der Waals surface area contributed by atoms with Crippen molar-refractivity contribution < 1.29 is 23.5 Å². The summed E-state index contributed by atoms with van der Waals surface area (Å²) in [6.07, 6.45) is 1.90. The lowest BCUT2D eigenvalue weighted by Gasteiger charge is -2.17. The Kier molecular flexibility index (Phi) is 7.30. The van der Waals surface area contributed by atoms with Gasteiger partial charge in [-0.05, 0) is 42.0 Å². The third-order valence-corrected chi connectivity index (χ3v) is 4.26. The van der Waals surface area contributed by atoms with Crippen LogP contribution >= 0.6 is 11.6 Å². The Bertz CT molecular complexity index is 910. The summed E-state index contributed by atoms with van der Waals surface area (Å²) < 4.78 is 16.0. The molecule has 1 atom stereocenters. The zero-order valence-electron chi connectivity index (χ0n) is 15.5. The summed E-state index contributed by atoms with van der Waals surface area (Å²) in [5, 5.41) is 3.29. The van der Waals surface area contributed by atoms with Crippen LogP contribution in [0.1, 0.15) is 28.6 Å². The van der Waals surface area contributed by atoms with Gasteiger partial charge in [0.25, 0.3) is 5.91 Å². The van der Waals surface area contributed by atoms with E-state index in [9.17, 15) is 9.59 Å². The predicted molar refractivity (Wildman–Crippen MR) is 108 cm³/mol. The number of ether oxygens (including phenoxy) is 2. The molecule has 1 N–H and O–H groups in total. The number of hydrogen-bond donors (Lipinski definition) is 1. The van der Waals surface area contributed by atoms with E-state index in [0.717, 1.165) is 0 Å². The van der Waals surface area contributed by atoms with Crippen LogP contribution in [0, 0.1) is 0 Å². The molecule has 0 spiro atoms. The van der Waals surface area contributed by atoms with Crippen molar-refractivity contribution in [2.45, 2.75) is 12.5 Å². The van der Waals surface area contributed by atoms with Crippen LogP contribution in [0.5, 0.6) is 5.75 Å². The summed E-state index contributed by atoms with van der Waals surface area (Å²) in [6.45, 7) is 0.538. The monoisotopic (exact) mass is 413 g/mol. The number of furan rings is 1. The van der Waals surface area contributed by atoms with Crippen LogP contribution in [-0.4, -0.2) is 25.1 Å². The maximum Gasteiger partial charge on any atom is 0.333 e. The van der Waals surface area contributed by atoms with Crippen molar-refractivity contribution in [1.29, 1.82) is 0 Å². The summed E-state index contributed by atoms with van der Waals surface area (Å²) in [4.78, 5) is 24.9. The van der Waals surface area contributed by atoms with Gasteiger partial charge in [0.1, 0.15) is 5.75 Å². The second kappa shape index (κ2) is 10.3. The van der Waals surface area contributed by atoms with Gasteiger partial charge in [-0.15, -0.1) is 0 Å². The molecule has 0 bridgehead atoms. The first-order valence-electron chi connectivity index (χ1n) is 9.08. The van der Waals surface area contributed by atoms with E-state index in [1.807, 2.05) is 6.07 Å². The SMILES string of the molecule is O=C(NC(C(=O)OCCCOc1ccc(Cl)cc1)c1ccccc1)c1ccco1. The number of benzene rings is 2. The zero-order chi connectivity index (χ0) is 20.5. The Morgan fingerprint density at radius 1 is 0.966 bits per heavy atom. The Balaban J connectivity index is 1.52. The first kappa shape index (κ1) is 20.5. The molecule has 6 nitrogen and oxygen atoms in total. The van der Waals surface area contributed by atoms with E-state index in [4.69, 9.17) is 25.5 Å². The molecule has 0 aliphatic rings. The minimum atomic E-state index is -0.939. The maximum absolute atomic E-state index is 12.6. The first-order chi connectivity index (χ1) is 14.1. The van der Waals surface area contributed by atoms with E-state index in [1.165, 1.54) is 12.3 Å². The van der Waals surface area contributed by atoms with Crippen molar-refractivity contribution in [3.05, 3.63) is 89.3 Å². The van der Waals surface area contributed by atoms with Gasteiger partial charge in [0.2, 0.25) is 0 Å². The number of amides is 1. The van der Waals surface area contributed by atoms with Crippen LogP contribution in [0.3, 0.4) is 0 Å². The topological polar surface area (TPSA) is 77.8 Å². The lowest BCUT2D eigenvalue weighted by atomic mass is 10.1. The quantitative estimate of drug-likeness (QED) is 0.415. The summed E-state index contributed by atoms with van der Waals surface area (Å²) in [5.74, 6) is -0.238. The molecule has 0 radical (unpaired) electrons. The van der Waals surface area contributed by atoms with Gasteiger partial charge in [0, 0.05) is 11.4 Å². The molecule has 1 heterocycles. The average molecular weight is 414 g/mol. The predicted octanol–water partition coefficient (Wildman–Crippen LogP) is 4.42. The minimum Gasteiger partial charge on any atom is -0.493 e. The summed E-state index contributed by atoms with van der Waals surface area (Å²) in [6, 6.07) is 18.1. The number of esters is 1. The molecule has 0 aliphatic heterocycles. The molecule has 0 aliphatic carbocycles. The Hall–Kier alpha value is -3.25. The highest BCUT2D eigenvalue weighted by atomic mass is 35.5.